The number of rotatable bonds is 3. The van der Waals surface area contributed by atoms with Crippen molar-refractivity contribution >= 4 is 5.78 Å². The molecule has 0 atom stereocenters. The summed E-state index contributed by atoms with van der Waals surface area (Å²) in [6.45, 7) is 7.27. The first-order valence-electron chi connectivity index (χ1n) is 3.78. The van der Waals surface area contributed by atoms with Crippen molar-refractivity contribution in [1.29, 1.82) is 0 Å². The van der Waals surface area contributed by atoms with Crippen LogP contribution in [-0.2, 0) is 0 Å². The minimum absolute atomic E-state index is 0.0336. The number of furan rings is 1. The largest absolute Gasteiger partial charge is 0.472 e. The van der Waals surface area contributed by atoms with Crippen molar-refractivity contribution in [3.63, 3.8) is 0 Å². The highest BCUT2D eigenvalue weighted by atomic mass is 16.3. The van der Waals surface area contributed by atoms with Crippen molar-refractivity contribution in [2.24, 2.45) is 5.41 Å². The molecule has 1 aromatic rings. The summed E-state index contributed by atoms with van der Waals surface area (Å²) in [5.74, 6) is 0.0336. The Morgan fingerprint density at radius 3 is 2.75 bits per heavy atom. The Bertz CT molecular complexity index is 281. The minimum atomic E-state index is -0.510. The summed E-state index contributed by atoms with van der Waals surface area (Å²) in [4.78, 5) is 11.6. The zero-order chi connectivity index (χ0) is 9.19. The molecule has 0 spiro atoms. The lowest BCUT2D eigenvalue weighted by atomic mass is 9.85. The van der Waals surface area contributed by atoms with E-state index in [1.807, 2.05) is 13.8 Å². The normalized spacial score (nSPS) is 11.2. The van der Waals surface area contributed by atoms with Gasteiger partial charge in [-0.05, 0) is 19.9 Å². The fraction of sp³-hybridized carbons (Fsp3) is 0.300. The van der Waals surface area contributed by atoms with Crippen molar-refractivity contribution in [3.05, 3.63) is 36.8 Å². The molecule has 0 fully saturated rings. The Kier molecular flexibility index (Phi) is 2.18. The number of Topliss-reactive ketones (excluding diaryl/α,β-unsaturated/α-hetero) is 1. The van der Waals surface area contributed by atoms with Crippen LogP contribution < -0.4 is 0 Å². The van der Waals surface area contributed by atoms with E-state index in [-0.39, 0.29) is 5.78 Å². The molecule has 0 amide bonds. The van der Waals surface area contributed by atoms with Gasteiger partial charge in [-0.25, -0.2) is 0 Å². The maximum Gasteiger partial charge on any atom is 0.175 e. The highest BCUT2D eigenvalue weighted by molar-refractivity contribution is 6.00. The molecule has 0 saturated heterocycles. The average molecular weight is 164 g/mol. The summed E-state index contributed by atoms with van der Waals surface area (Å²) in [5.41, 5.74) is 0.0871. The highest BCUT2D eigenvalue weighted by Gasteiger charge is 2.25. The predicted octanol–water partition coefficient (Wildman–Crippen LogP) is 2.67. The van der Waals surface area contributed by atoms with Crippen molar-refractivity contribution in [2.45, 2.75) is 13.8 Å². The topological polar surface area (TPSA) is 30.2 Å². The number of carbonyl (C=O) groups is 1. The molecular weight excluding hydrogens is 152 g/mol. The molecule has 1 rings (SSSR count). The molecule has 1 heterocycles. The van der Waals surface area contributed by atoms with Crippen molar-refractivity contribution in [3.8, 4) is 0 Å². The molecule has 0 aliphatic rings. The Hall–Kier alpha value is -1.31. The number of allylic oxidation sites excluding steroid dienone is 1. The number of ketones is 1. The SMILES string of the molecule is C=CC(C)(C)C(=O)c1ccoc1. The molecule has 2 heteroatoms. The van der Waals surface area contributed by atoms with E-state index < -0.39 is 5.41 Å². The quantitative estimate of drug-likeness (QED) is 0.508. The van der Waals surface area contributed by atoms with Crippen LogP contribution >= 0.6 is 0 Å². The highest BCUT2D eigenvalue weighted by Crippen LogP contribution is 2.22. The molecule has 0 unspecified atom stereocenters. The standard InChI is InChI=1S/C10H12O2/c1-4-10(2,3)9(11)8-5-6-12-7-8/h4-7H,1H2,2-3H3. The van der Waals surface area contributed by atoms with E-state index in [9.17, 15) is 4.79 Å². The van der Waals surface area contributed by atoms with Crippen LogP contribution in [-0.4, -0.2) is 5.78 Å². The van der Waals surface area contributed by atoms with Crippen LogP contribution in [0, 0.1) is 5.41 Å². The van der Waals surface area contributed by atoms with Gasteiger partial charge in [-0.15, -0.1) is 6.58 Å². The first kappa shape index (κ1) is 8.78. The summed E-state index contributed by atoms with van der Waals surface area (Å²) in [6, 6.07) is 1.66. The van der Waals surface area contributed by atoms with Gasteiger partial charge in [0, 0.05) is 5.41 Å². The summed E-state index contributed by atoms with van der Waals surface area (Å²) in [5, 5.41) is 0. The van der Waals surface area contributed by atoms with Crippen molar-refractivity contribution < 1.29 is 9.21 Å². The van der Waals surface area contributed by atoms with E-state index >= 15 is 0 Å². The zero-order valence-electron chi connectivity index (χ0n) is 7.33. The third-order valence-corrected chi connectivity index (χ3v) is 1.88. The van der Waals surface area contributed by atoms with Crippen molar-refractivity contribution in [1.82, 2.24) is 0 Å². The van der Waals surface area contributed by atoms with Gasteiger partial charge < -0.3 is 4.42 Å². The molecule has 0 aliphatic heterocycles. The van der Waals surface area contributed by atoms with Crippen LogP contribution in [0.2, 0.25) is 0 Å². The fourth-order valence-corrected chi connectivity index (χ4v) is 0.858. The van der Waals surface area contributed by atoms with E-state index in [1.165, 1.54) is 12.5 Å². The minimum Gasteiger partial charge on any atom is -0.472 e. The molecule has 0 saturated carbocycles. The molecule has 0 bridgehead atoms. The van der Waals surface area contributed by atoms with Gasteiger partial charge in [0.2, 0.25) is 0 Å². The monoisotopic (exact) mass is 164 g/mol. The molecule has 64 valence electrons. The molecule has 0 aromatic carbocycles. The Morgan fingerprint density at radius 2 is 2.33 bits per heavy atom. The molecule has 2 nitrogen and oxygen atoms in total. The first-order chi connectivity index (χ1) is 5.58. The third-order valence-electron chi connectivity index (χ3n) is 1.88. The van der Waals surface area contributed by atoms with Gasteiger partial charge in [0.1, 0.15) is 6.26 Å². The van der Waals surface area contributed by atoms with Crippen LogP contribution in [0.15, 0.2) is 35.7 Å². The maximum absolute atomic E-state index is 11.6. The van der Waals surface area contributed by atoms with Gasteiger partial charge in [-0.1, -0.05) is 6.08 Å². The molecule has 0 aliphatic carbocycles. The fourth-order valence-electron chi connectivity index (χ4n) is 0.858. The zero-order valence-corrected chi connectivity index (χ0v) is 7.33. The number of hydrogen-bond acceptors (Lipinski definition) is 2. The second kappa shape index (κ2) is 2.97. The summed E-state index contributed by atoms with van der Waals surface area (Å²) >= 11 is 0. The van der Waals surface area contributed by atoms with E-state index in [2.05, 4.69) is 6.58 Å². The van der Waals surface area contributed by atoms with E-state index in [0.717, 1.165) is 0 Å². The lowest BCUT2D eigenvalue weighted by Gasteiger charge is -2.16. The molecular formula is C10H12O2. The third kappa shape index (κ3) is 1.47. The van der Waals surface area contributed by atoms with Gasteiger partial charge in [0.25, 0.3) is 0 Å². The Balaban J connectivity index is 2.93. The van der Waals surface area contributed by atoms with Gasteiger partial charge in [-0.3, -0.25) is 4.79 Å². The van der Waals surface area contributed by atoms with Gasteiger partial charge in [0.15, 0.2) is 5.78 Å². The summed E-state index contributed by atoms with van der Waals surface area (Å²) < 4.78 is 4.82. The number of carbonyl (C=O) groups excluding carboxylic acids is 1. The smallest absolute Gasteiger partial charge is 0.175 e. The van der Waals surface area contributed by atoms with Crippen LogP contribution in [0.4, 0.5) is 0 Å². The average Bonchev–Trinajstić information content (AvgIpc) is 2.55. The van der Waals surface area contributed by atoms with E-state index in [4.69, 9.17) is 4.42 Å². The Morgan fingerprint density at radius 1 is 1.67 bits per heavy atom. The molecule has 1 aromatic heterocycles. The Labute approximate surface area is 71.9 Å². The summed E-state index contributed by atoms with van der Waals surface area (Å²) in [6.07, 6.45) is 4.59. The predicted molar refractivity (Wildman–Crippen MR) is 47.0 cm³/mol. The van der Waals surface area contributed by atoms with Crippen LogP contribution in [0.1, 0.15) is 24.2 Å². The van der Waals surface area contributed by atoms with Crippen LogP contribution in [0.5, 0.6) is 0 Å². The molecule has 0 radical (unpaired) electrons. The van der Waals surface area contributed by atoms with E-state index in [1.54, 1.807) is 12.1 Å². The van der Waals surface area contributed by atoms with Gasteiger partial charge >= 0.3 is 0 Å². The van der Waals surface area contributed by atoms with Gasteiger partial charge in [0.05, 0.1) is 11.8 Å². The van der Waals surface area contributed by atoms with Crippen LogP contribution in [0.3, 0.4) is 0 Å². The number of hydrogen-bond donors (Lipinski definition) is 0. The lowest BCUT2D eigenvalue weighted by Crippen LogP contribution is -2.20. The maximum atomic E-state index is 11.6. The second-order valence-electron chi connectivity index (χ2n) is 3.27. The van der Waals surface area contributed by atoms with Gasteiger partial charge in [-0.2, -0.15) is 0 Å². The lowest BCUT2D eigenvalue weighted by molar-refractivity contribution is 0.0885. The first-order valence-corrected chi connectivity index (χ1v) is 3.78. The molecule has 12 heavy (non-hydrogen) atoms. The molecule has 0 N–H and O–H groups in total. The second-order valence-corrected chi connectivity index (χ2v) is 3.27. The van der Waals surface area contributed by atoms with Crippen molar-refractivity contribution in [2.75, 3.05) is 0 Å². The van der Waals surface area contributed by atoms with E-state index in [0.29, 0.717) is 5.56 Å². The summed E-state index contributed by atoms with van der Waals surface area (Å²) in [7, 11) is 0. The van der Waals surface area contributed by atoms with Crippen LogP contribution in [0.25, 0.3) is 0 Å².